The van der Waals surface area contributed by atoms with Gasteiger partial charge in [-0.3, -0.25) is 0 Å². The summed E-state index contributed by atoms with van der Waals surface area (Å²) in [5, 5.41) is 51.2. The largest absolute Gasteiger partial charge is 0.480 e. The molecule has 1 fully saturated rings. The summed E-state index contributed by atoms with van der Waals surface area (Å²) in [5.74, 6) is -3.30. The first-order valence-corrected chi connectivity index (χ1v) is 7.88. The summed E-state index contributed by atoms with van der Waals surface area (Å²) < 4.78 is 4.88. The van der Waals surface area contributed by atoms with E-state index in [0.717, 1.165) is 0 Å². The van der Waals surface area contributed by atoms with E-state index < -0.39 is 49.3 Å². The number of carboxylic acids is 1. The average Bonchev–Trinajstić information content (AvgIpc) is 2.48. The molecule has 11 heteroatoms. The fourth-order valence-electron chi connectivity index (χ4n) is 2.09. The molecule has 0 aromatic heterocycles. The number of carbonyl (C=O) groups is 1. The summed E-state index contributed by atoms with van der Waals surface area (Å²) >= 11 is 1.37. The predicted octanol–water partition coefficient (Wildman–Crippen LogP) is -2.02. The van der Waals surface area contributed by atoms with Crippen molar-refractivity contribution in [2.45, 2.75) is 36.6 Å². The van der Waals surface area contributed by atoms with E-state index in [1.54, 1.807) is 6.26 Å². The maximum Gasteiger partial charge on any atom is 0.328 e. The van der Waals surface area contributed by atoms with Crippen LogP contribution in [0.2, 0.25) is 0 Å². The minimum absolute atomic E-state index is 0.0829. The molecule has 0 spiro atoms. The van der Waals surface area contributed by atoms with E-state index in [-0.39, 0.29) is 6.42 Å². The normalized spacial score (nSPS) is 33.2. The van der Waals surface area contributed by atoms with E-state index in [4.69, 9.17) is 9.84 Å². The van der Waals surface area contributed by atoms with Gasteiger partial charge >= 0.3 is 5.97 Å². The molecule has 0 aliphatic carbocycles. The lowest BCUT2D eigenvalue weighted by atomic mass is 9.96. The Morgan fingerprint density at radius 2 is 2.14 bits per heavy atom. The fraction of sp³-hybridized carbons (Fsp3) is 0.909. The van der Waals surface area contributed by atoms with Crippen molar-refractivity contribution in [1.82, 2.24) is 5.01 Å². The number of rotatable bonds is 8. The summed E-state index contributed by atoms with van der Waals surface area (Å²) in [6.45, 7) is -1.24. The van der Waals surface area contributed by atoms with Crippen molar-refractivity contribution in [2.75, 3.05) is 25.2 Å². The standard InChI is InChI=1S/C11H20N2O8S/c1-22-3-2-6(10(17)18)13(12-20)5-11(19)9(16)8(15)7(14)4-21-11/h6-9,14-16,19H,2-5H2,1H3,(H,17,18)/t6-,7+,8+,9+,11-/m0/s1. The van der Waals surface area contributed by atoms with E-state index in [0.29, 0.717) is 10.8 Å². The smallest absolute Gasteiger partial charge is 0.328 e. The first-order valence-electron chi connectivity index (χ1n) is 6.49. The molecule has 0 radical (unpaired) electrons. The van der Waals surface area contributed by atoms with Crippen LogP contribution in [0.1, 0.15) is 6.42 Å². The van der Waals surface area contributed by atoms with Gasteiger partial charge in [-0.15, -0.1) is 4.91 Å². The van der Waals surface area contributed by atoms with Crippen molar-refractivity contribution in [2.24, 2.45) is 5.29 Å². The molecule has 0 saturated carbocycles. The highest BCUT2D eigenvalue weighted by Gasteiger charge is 2.50. The van der Waals surface area contributed by atoms with Crippen LogP contribution in [0, 0.1) is 4.91 Å². The van der Waals surface area contributed by atoms with Crippen LogP contribution >= 0.6 is 11.8 Å². The van der Waals surface area contributed by atoms with Crippen LogP contribution in [0.3, 0.4) is 0 Å². The SMILES string of the molecule is CSCC[C@@H](C(=O)O)N(C[C@]1(O)OC[C@@H](O)[C@@H](O)[C@H]1O)N=O. The quantitative estimate of drug-likeness (QED) is 0.246. The Morgan fingerprint density at radius 3 is 2.64 bits per heavy atom. The van der Waals surface area contributed by atoms with Crippen molar-refractivity contribution in [3.63, 3.8) is 0 Å². The number of nitrogens with zero attached hydrogens (tertiary/aromatic N) is 2. The second-order valence-electron chi connectivity index (χ2n) is 4.97. The van der Waals surface area contributed by atoms with E-state index in [1.807, 2.05) is 0 Å². The summed E-state index contributed by atoms with van der Waals surface area (Å²) in [5.41, 5.74) is 0. The predicted molar refractivity (Wildman–Crippen MR) is 75.8 cm³/mol. The van der Waals surface area contributed by atoms with E-state index in [9.17, 15) is 30.1 Å². The fourth-order valence-corrected chi connectivity index (χ4v) is 2.55. The Kier molecular flexibility index (Phi) is 6.97. The molecule has 0 unspecified atom stereocenters. The Morgan fingerprint density at radius 1 is 1.50 bits per heavy atom. The van der Waals surface area contributed by atoms with Gasteiger partial charge in [0.25, 0.3) is 0 Å². The first-order chi connectivity index (χ1) is 10.3. The molecule has 0 amide bonds. The van der Waals surface area contributed by atoms with Crippen LogP contribution in [0.15, 0.2) is 5.29 Å². The van der Waals surface area contributed by atoms with Gasteiger partial charge in [-0.25, -0.2) is 9.80 Å². The van der Waals surface area contributed by atoms with Gasteiger partial charge in [0, 0.05) is 0 Å². The number of aliphatic hydroxyl groups is 4. The van der Waals surface area contributed by atoms with Crippen LogP contribution < -0.4 is 0 Å². The third-order valence-corrected chi connectivity index (χ3v) is 4.06. The zero-order valence-corrected chi connectivity index (χ0v) is 12.7. The molecule has 1 aliphatic rings. The number of thioether (sulfide) groups is 1. The number of aliphatic carboxylic acids is 1. The summed E-state index contributed by atoms with van der Waals surface area (Å²) in [6, 6.07) is -1.31. The van der Waals surface area contributed by atoms with Gasteiger partial charge in [0.1, 0.15) is 24.4 Å². The van der Waals surface area contributed by atoms with Gasteiger partial charge < -0.3 is 30.3 Å². The van der Waals surface area contributed by atoms with E-state index in [1.165, 1.54) is 11.8 Å². The molecular formula is C11H20N2O8S. The van der Waals surface area contributed by atoms with Crippen molar-refractivity contribution < 1.29 is 35.1 Å². The van der Waals surface area contributed by atoms with Crippen molar-refractivity contribution in [3.8, 4) is 0 Å². The highest BCUT2D eigenvalue weighted by Crippen LogP contribution is 2.26. The Bertz CT molecular complexity index is 400. The Labute approximate surface area is 130 Å². The van der Waals surface area contributed by atoms with Gasteiger partial charge in [-0.1, -0.05) is 0 Å². The maximum atomic E-state index is 11.2. The van der Waals surface area contributed by atoms with Gasteiger partial charge in [-0.05, 0) is 18.4 Å². The van der Waals surface area contributed by atoms with Gasteiger partial charge in [0.2, 0.25) is 5.79 Å². The van der Waals surface area contributed by atoms with Gasteiger partial charge in [-0.2, -0.15) is 11.8 Å². The lowest BCUT2D eigenvalue weighted by Crippen LogP contribution is -2.65. The number of hydrogen-bond acceptors (Lipinski definition) is 9. The molecule has 1 aliphatic heterocycles. The minimum atomic E-state index is -2.42. The minimum Gasteiger partial charge on any atom is -0.480 e. The molecule has 1 saturated heterocycles. The molecular weight excluding hydrogens is 320 g/mol. The molecule has 0 bridgehead atoms. The van der Waals surface area contributed by atoms with Crippen molar-refractivity contribution in [3.05, 3.63) is 4.91 Å². The Hall–Kier alpha value is -0.980. The van der Waals surface area contributed by atoms with Crippen LogP contribution in [-0.2, 0) is 9.53 Å². The van der Waals surface area contributed by atoms with Crippen LogP contribution in [-0.4, -0.2) is 91.8 Å². The second kappa shape index (κ2) is 8.04. The maximum absolute atomic E-state index is 11.2. The Balaban J connectivity index is 2.86. The number of carboxylic acid groups (broad SMARTS) is 1. The summed E-state index contributed by atoms with van der Waals surface area (Å²) in [7, 11) is 0. The van der Waals surface area contributed by atoms with Crippen LogP contribution in [0.4, 0.5) is 0 Å². The van der Waals surface area contributed by atoms with Gasteiger partial charge in [0.05, 0.1) is 18.4 Å². The number of ether oxygens (including phenoxy) is 1. The molecule has 1 rings (SSSR count). The number of nitroso groups, excluding NO2 is 1. The van der Waals surface area contributed by atoms with Crippen LogP contribution in [0.5, 0.6) is 0 Å². The van der Waals surface area contributed by atoms with E-state index >= 15 is 0 Å². The first kappa shape index (κ1) is 19.1. The highest BCUT2D eigenvalue weighted by molar-refractivity contribution is 7.98. The molecule has 0 aromatic carbocycles. The van der Waals surface area contributed by atoms with Crippen molar-refractivity contribution in [1.29, 1.82) is 0 Å². The number of hydrogen-bond donors (Lipinski definition) is 5. The third-order valence-electron chi connectivity index (χ3n) is 3.42. The summed E-state index contributed by atoms with van der Waals surface area (Å²) in [4.78, 5) is 22.2. The molecule has 128 valence electrons. The zero-order valence-electron chi connectivity index (χ0n) is 11.9. The lowest BCUT2D eigenvalue weighted by molar-refractivity contribution is -0.326. The lowest BCUT2D eigenvalue weighted by Gasteiger charge is -2.43. The molecule has 1 heterocycles. The third kappa shape index (κ3) is 4.27. The highest BCUT2D eigenvalue weighted by atomic mass is 32.2. The molecule has 22 heavy (non-hydrogen) atoms. The van der Waals surface area contributed by atoms with Crippen LogP contribution in [0.25, 0.3) is 0 Å². The number of aliphatic hydroxyl groups excluding tert-OH is 3. The topological polar surface area (TPSA) is 160 Å². The molecule has 10 nitrogen and oxygen atoms in total. The molecule has 5 N–H and O–H groups in total. The second-order valence-corrected chi connectivity index (χ2v) is 5.96. The summed E-state index contributed by atoms with van der Waals surface area (Å²) in [6.07, 6.45) is -3.17. The average molecular weight is 340 g/mol. The van der Waals surface area contributed by atoms with Gasteiger partial charge in [0.15, 0.2) is 0 Å². The molecule has 0 aromatic rings. The monoisotopic (exact) mass is 340 g/mol. The van der Waals surface area contributed by atoms with E-state index in [2.05, 4.69) is 5.29 Å². The zero-order chi connectivity index (χ0) is 16.9. The van der Waals surface area contributed by atoms with Crippen molar-refractivity contribution >= 4 is 17.7 Å². The molecule has 5 atom stereocenters.